The van der Waals surface area contributed by atoms with Crippen LogP contribution >= 0.6 is 0 Å². The third-order valence-electron chi connectivity index (χ3n) is 1.88. The van der Waals surface area contributed by atoms with E-state index < -0.39 is 0 Å². The van der Waals surface area contributed by atoms with Gasteiger partial charge < -0.3 is 0 Å². The molecule has 60 valence electrons. The zero-order valence-corrected chi connectivity index (χ0v) is 7.17. The normalized spacial score (nSPS) is 9.00. The quantitative estimate of drug-likeness (QED) is 0.605. The van der Waals surface area contributed by atoms with E-state index in [1.54, 1.807) is 0 Å². The number of allylic oxidation sites excluding steroid dienone is 1. The summed E-state index contributed by atoms with van der Waals surface area (Å²) in [6, 6.07) is 7.93. The van der Waals surface area contributed by atoms with Crippen molar-refractivity contribution in [3.05, 3.63) is 47.5 Å². The second-order valence-electron chi connectivity index (χ2n) is 2.71. The third-order valence-corrected chi connectivity index (χ3v) is 1.88. The van der Waals surface area contributed by atoms with E-state index in [2.05, 4.69) is 12.6 Å². The maximum Gasteiger partial charge on any atom is 0.0994 e. The number of nitrogens with zero attached hydrogens (tertiary/aromatic N) is 1. The summed E-state index contributed by atoms with van der Waals surface area (Å²) in [4.78, 5) is 0. The van der Waals surface area contributed by atoms with E-state index in [9.17, 15) is 0 Å². The van der Waals surface area contributed by atoms with Crippen molar-refractivity contribution in [3.8, 4) is 6.07 Å². The van der Waals surface area contributed by atoms with Crippen molar-refractivity contribution in [2.24, 2.45) is 0 Å². The molecule has 1 rings (SSSR count). The lowest BCUT2D eigenvalue weighted by Crippen LogP contribution is -1.91. The van der Waals surface area contributed by atoms with Gasteiger partial charge in [-0.1, -0.05) is 18.2 Å². The van der Waals surface area contributed by atoms with Crippen LogP contribution in [0.5, 0.6) is 0 Å². The predicted octanol–water partition coefficient (Wildman–Crippen LogP) is 2.60. The van der Waals surface area contributed by atoms with Crippen LogP contribution in [0, 0.1) is 18.3 Å². The van der Waals surface area contributed by atoms with E-state index >= 15 is 0 Å². The molecule has 1 aromatic rings. The van der Waals surface area contributed by atoms with E-state index in [0.29, 0.717) is 0 Å². The van der Waals surface area contributed by atoms with E-state index in [1.165, 1.54) is 0 Å². The Morgan fingerprint density at radius 3 is 2.92 bits per heavy atom. The van der Waals surface area contributed by atoms with E-state index in [4.69, 9.17) is 5.26 Å². The van der Waals surface area contributed by atoms with Crippen LogP contribution in [0.1, 0.15) is 16.7 Å². The van der Waals surface area contributed by atoms with Gasteiger partial charge in [0.1, 0.15) is 0 Å². The van der Waals surface area contributed by atoms with Gasteiger partial charge in [-0.15, -0.1) is 6.58 Å². The summed E-state index contributed by atoms with van der Waals surface area (Å²) in [5, 5.41) is 8.79. The molecule has 0 aliphatic rings. The number of aryl methyl sites for hydroxylation is 1. The standard InChI is InChI=1S/C11H11N/c1-3-5-11-9(2)6-4-7-10(11)8-12/h3-4,6-7H,1,5H2,2H3. The van der Waals surface area contributed by atoms with Gasteiger partial charge in [0.2, 0.25) is 0 Å². The first-order valence-electron chi connectivity index (χ1n) is 3.89. The monoisotopic (exact) mass is 157 g/mol. The fraction of sp³-hybridized carbons (Fsp3) is 0.182. The molecule has 0 radical (unpaired) electrons. The first-order chi connectivity index (χ1) is 5.79. The van der Waals surface area contributed by atoms with Crippen molar-refractivity contribution in [3.63, 3.8) is 0 Å². The highest BCUT2D eigenvalue weighted by Gasteiger charge is 2.01. The lowest BCUT2D eigenvalue weighted by atomic mass is 10.0. The van der Waals surface area contributed by atoms with Crippen molar-refractivity contribution in [1.29, 1.82) is 5.26 Å². The predicted molar refractivity (Wildman–Crippen MR) is 49.8 cm³/mol. The molecule has 0 aliphatic heterocycles. The molecule has 0 atom stereocenters. The highest BCUT2D eigenvalue weighted by Crippen LogP contribution is 2.13. The summed E-state index contributed by atoms with van der Waals surface area (Å²) in [5.41, 5.74) is 3.01. The Hall–Kier alpha value is -1.55. The summed E-state index contributed by atoms with van der Waals surface area (Å²) < 4.78 is 0. The van der Waals surface area contributed by atoms with Gasteiger partial charge in [-0.3, -0.25) is 0 Å². The van der Waals surface area contributed by atoms with Crippen LogP contribution < -0.4 is 0 Å². The smallest absolute Gasteiger partial charge is 0.0994 e. The Bertz CT molecular complexity index is 331. The molecule has 1 nitrogen and oxygen atoms in total. The fourth-order valence-electron chi connectivity index (χ4n) is 1.22. The Morgan fingerprint density at radius 1 is 1.58 bits per heavy atom. The molecule has 0 spiro atoms. The number of hydrogen-bond acceptors (Lipinski definition) is 1. The molecule has 0 aliphatic carbocycles. The summed E-state index contributed by atoms with van der Waals surface area (Å²) in [7, 11) is 0. The van der Waals surface area contributed by atoms with Crippen LogP contribution in [0.2, 0.25) is 0 Å². The summed E-state index contributed by atoms with van der Waals surface area (Å²) in [5.74, 6) is 0. The second-order valence-corrected chi connectivity index (χ2v) is 2.71. The van der Waals surface area contributed by atoms with Crippen molar-refractivity contribution in [1.82, 2.24) is 0 Å². The van der Waals surface area contributed by atoms with Gasteiger partial charge in [-0.05, 0) is 30.5 Å². The lowest BCUT2D eigenvalue weighted by Gasteiger charge is -2.03. The molecule has 0 saturated carbocycles. The molecule has 0 amide bonds. The summed E-state index contributed by atoms with van der Waals surface area (Å²) >= 11 is 0. The topological polar surface area (TPSA) is 23.8 Å². The molecule has 0 aromatic heterocycles. The van der Waals surface area contributed by atoms with Crippen LogP contribution in [-0.4, -0.2) is 0 Å². The van der Waals surface area contributed by atoms with E-state index in [1.807, 2.05) is 31.2 Å². The number of benzene rings is 1. The first-order valence-corrected chi connectivity index (χ1v) is 3.89. The summed E-state index contributed by atoms with van der Waals surface area (Å²) in [6.07, 6.45) is 2.60. The first kappa shape index (κ1) is 8.55. The molecular weight excluding hydrogens is 146 g/mol. The van der Waals surface area contributed by atoms with Crippen molar-refractivity contribution in [2.75, 3.05) is 0 Å². The number of rotatable bonds is 2. The Balaban J connectivity index is 3.21. The molecule has 0 unspecified atom stereocenters. The fourth-order valence-corrected chi connectivity index (χ4v) is 1.22. The van der Waals surface area contributed by atoms with Crippen LogP contribution in [0.4, 0.5) is 0 Å². The van der Waals surface area contributed by atoms with Crippen LogP contribution in [0.15, 0.2) is 30.9 Å². The van der Waals surface area contributed by atoms with Gasteiger partial charge in [-0.25, -0.2) is 0 Å². The molecule has 0 N–H and O–H groups in total. The molecule has 0 heterocycles. The molecule has 1 heteroatoms. The maximum atomic E-state index is 8.79. The van der Waals surface area contributed by atoms with Crippen molar-refractivity contribution in [2.45, 2.75) is 13.3 Å². The second kappa shape index (κ2) is 3.73. The third kappa shape index (κ3) is 1.54. The zero-order chi connectivity index (χ0) is 8.97. The Labute approximate surface area is 73.0 Å². The van der Waals surface area contributed by atoms with Gasteiger partial charge in [0.25, 0.3) is 0 Å². The Kier molecular flexibility index (Phi) is 2.66. The summed E-state index contributed by atoms with van der Waals surface area (Å²) in [6.45, 7) is 5.68. The molecule has 0 saturated heterocycles. The van der Waals surface area contributed by atoms with Gasteiger partial charge >= 0.3 is 0 Å². The van der Waals surface area contributed by atoms with E-state index in [-0.39, 0.29) is 0 Å². The molecule has 12 heavy (non-hydrogen) atoms. The molecule has 0 fully saturated rings. The largest absolute Gasteiger partial charge is 0.192 e. The minimum Gasteiger partial charge on any atom is -0.192 e. The van der Waals surface area contributed by atoms with Crippen LogP contribution in [0.3, 0.4) is 0 Å². The SMILES string of the molecule is C=CCc1c(C)cccc1C#N. The lowest BCUT2D eigenvalue weighted by molar-refractivity contribution is 1.20. The molecular formula is C11H11N. The van der Waals surface area contributed by atoms with Gasteiger partial charge in [-0.2, -0.15) is 5.26 Å². The van der Waals surface area contributed by atoms with Crippen molar-refractivity contribution < 1.29 is 0 Å². The zero-order valence-electron chi connectivity index (χ0n) is 7.17. The van der Waals surface area contributed by atoms with Gasteiger partial charge in [0, 0.05) is 0 Å². The number of nitriles is 1. The minimum absolute atomic E-state index is 0.759. The maximum absolute atomic E-state index is 8.79. The van der Waals surface area contributed by atoms with Crippen LogP contribution in [-0.2, 0) is 6.42 Å². The average molecular weight is 157 g/mol. The minimum atomic E-state index is 0.759. The molecule has 0 bridgehead atoms. The highest BCUT2D eigenvalue weighted by molar-refractivity contribution is 5.43. The van der Waals surface area contributed by atoms with Gasteiger partial charge in [0.05, 0.1) is 11.6 Å². The number of hydrogen-bond donors (Lipinski definition) is 0. The Morgan fingerprint density at radius 2 is 2.33 bits per heavy atom. The van der Waals surface area contributed by atoms with Crippen LogP contribution in [0.25, 0.3) is 0 Å². The van der Waals surface area contributed by atoms with Gasteiger partial charge in [0.15, 0.2) is 0 Å². The van der Waals surface area contributed by atoms with E-state index in [0.717, 1.165) is 23.1 Å². The average Bonchev–Trinajstić information content (AvgIpc) is 2.09. The molecule has 1 aromatic carbocycles. The van der Waals surface area contributed by atoms with Crippen molar-refractivity contribution >= 4 is 0 Å². The highest BCUT2D eigenvalue weighted by atomic mass is 14.2.